The van der Waals surface area contributed by atoms with E-state index in [1.807, 2.05) is 24.3 Å². The number of phenols is 1. The summed E-state index contributed by atoms with van der Waals surface area (Å²) >= 11 is 6.10. The van der Waals surface area contributed by atoms with Gasteiger partial charge in [-0.25, -0.2) is 13.4 Å². The van der Waals surface area contributed by atoms with Crippen molar-refractivity contribution in [3.05, 3.63) is 71.2 Å². The van der Waals surface area contributed by atoms with Gasteiger partial charge in [-0.05, 0) is 54.6 Å². The third-order valence-corrected chi connectivity index (χ3v) is 7.88. The van der Waals surface area contributed by atoms with E-state index >= 15 is 0 Å². The predicted octanol–water partition coefficient (Wildman–Crippen LogP) is 5.72. The lowest BCUT2D eigenvalue weighted by atomic mass is 10.3. The smallest absolute Gasteiger partial charge is 0.261 e. The lowest BCUT2D eigenvalue weighted by molar-refractivity contribution is 0.462. The highest BCUT2D eigenvalue weighted by atomic mass is 79.9. The number of halogens is 1. The molecular weight excluding hydrogens is 480 g/mol. The molecule has 0 aliphatic carbocycles. The average molecular weight is 493 g/mol. The van der Waals surface area contributed by atoms with Crippen molar-refractivity contribution in [3.8, 4) is 5.75 Å². The number of nitrogens with one attached hydrogen (secondary N) is 1. The zero-order valence-electron chi connectivity index (χ0n) is 14.2. The van der Waals surface area contributed by atoms with Crippen molar-refractivity contribution in [2.45, 2.75) is 14.1 Å². The summed E-state index contributed by atoms with van der Waals surface area (Å²) in [5.41, 5.74) is 1.26. The van der Waals surface area contributed by atoms with Crippen molar-refractivity contribution in [3.63, 3.8) is 0 Å². The van der Waals surface area contributed by atoms with Gasteiger partial charge in [0.15, 0.2) is 4.34 Å². The third kappa shape index (κ3) is 4.17. The molecule has 1 heterocycles. The summed E-state index contributed by atoms with van der Waals surface area (Å²) in [4.78, 5) is 5.22. The highest BCUT2D eigenvalue weighted by molar-refractivity contribution is 9.10. The summed E-state index contributed by atoms with van der Waals surface area (Å²) in [5.74, 6) is 0.0656. The molecule has 0 fully saturated rings. The van der Waals surface area contributed by atoms with Gasteiger partial charge in [0.2, 0.25) is 0 Å². The van der Waals surface area contributed by atoms with Crippen LogP contribution >= 0.6 is 39.0 Å². The molecule has 4 aromatic rings. The van der Waals surface area contributed by atoms with Gasteiger partial charge < -0.3 is 5.11 Å². The van der Waals surface area contributed by atoms with E-state index in [2.05, 4.69) is 25.6 Å². The summed E-state index contributed by atoms with van der Waals surface area (Å²) in [5, 5.41) is 10.2. The Kier molecular flexibility index (Phi) is 5.33. The SMILES string of the molecule is O=S(=O)(Nc1ccc(O)c(Sc2nc3ccccc3s2)c1)c1ccc(Br)cc1. The minimum atomic E-state index is -3.73. The average Bonchev–Trinajstić information content (AvgIpc) is 3.07. The lowest BCUT2D eigenvalue weighted by Crippen LogP contribution is -2.12. The Hall–Kier alpha value is -2.07. The predicted molar refractivity (Wildman–Crippen MR) is 117 cm³/mol. The van der Waals surface area contributed by atoms with E-state index in [-0.39, 0.29) is 10.6 Å². The van der Waals surface area contributed by atoms with Crippen molar-refractivity contribution < 1.29 is 13.5 Å². The van der Waals surface area contributed by atoms with Gasteiger partial charge in [-0.3, -0.25) is 4.72 Å². The summed E-state index contributed by atoms with van der Waals surface area (Å²) in [7, 11) is -3.73. The van der Waals surface area contributed by atoms with Crippen LogP contribution in [0.2, 0.25) is 0 Å². The molecule has 0 saturated carbocycles. The van der Waals surface area contributed by atoms with Crippen molar-refractivity contribution >= 4 is 65.0 Å². The van der Waals surface area contributed by atoms with Crippen molar-refractivity contribution in [1.29, 1.82) is 0 Å². The fraction of sp³-hybridized carbons (Fsp3) is 0. The highest BCUT2D eigenvalue weighted by Gasteiger charge is 2.16. The first-order valence-electron chi connectivity index (χ1n) is 8.05. The molecule has 2 N–H and O–H groups in total. The second kappa shape index (κ2) is 7.75. The standard InChI is InChI=1S/C19H13BrN2O3S3/c20-12-5-8-14(9-6-12)28(24,25)22-13-7-10-16(23)18(11-13)27-19-21-15-3-1-2-4-17(15)26-19/h1-11,22-23H. The number of aromatic nitrogens is 1. The molecule has 28 heavy (non-hydrogen) atoms. The maximum atomic E-state index is 12.6. The molecule has 5 nitrogen and oxygen atoms in total. The number of para-hydroxylation sites is 1. The van der Waals surface area contributed by atoms with Crippen LogP contribution in [0.4, 0.5) is 5.69 Å². The number of thiazole rings is 1. The first-order valence-corrected chi connectivity index (χ1v) is 12.0. The number of hydrogen-bond acceptors (Lipinski definition) is 6. The van der Waals surface area contributed by atoms with Gasteiger partial charge in [-0.1, -0.05) is 39.8 Å². The molecule has 0 amide bonds. The number of phenolic OH excluding ortho intramolecular Hbond substituents is 1. The van der Waals surface area contributed by atoms with Gasteiger partial charge in [0.25, 0.3) is 10.0 Å². The van der Waals surface area contributed by atoms with Gasteiger partial charge in [-0.15, -0.1) is 11.3 Å². The summed E-state index contributed by atoms with van der Waals surface area (Å²) in [6.45, 7) is 0. The Balaban J connectivity index is 1.60. The lowest BCUT2D eigenvalue weighted by Gasteiger charge is -2.10. The topological polar surface area (TPSA) is 79.3 Å². The molecule has 3 aromatic carbocycles. The van der Waals surface area contributed by atoms with Crippen LogP contribution < -0.4 is 4.72 Å². The van der Waals surface area contributed by atoms with E-state index < -0.39 is 10.0 Å². The quantitative estimate of drug-likeness (QED) is 0.348. The normalized spacial score (nSPS) is 11.6. The minimum absolute atomic E-state index is 0.0656. The van der Waals surface area contributed by atoms with Crippen LogP contribution in [0.1, 0.15) is 0 Å². The van der Waals surface area contributed by atoms with E-state index in [0.717, 1.165) is 19.0 Å². The van der Waals surface area contributed by atoms with Crippen molar-refractivity contribution in [2.75, 3.05) is 4.72 Å². The molecule has 0 bridgehead atoms. The first kappa shape index (κ1) is 19.3. The van der Waals surface area contributed by atoms with E-state index in [4.69, 9.17) is 0 Å². The summed E-state index contributed by atoms with van der Waals surface area (Å²) < 4.78 is 30.3. The number of anilines is 1. The van der Waals surface area contributed by atoms with Crippen molar-refractivity contribution in [2.24, 2.45) is 0 Å². The van der Waals surface area contributed by atoms with Crippen LogP contribution in [-0.2, 0) is 10.0 Å². The fourth-order valence-electron chi connectivity index (χ4n) is 2.48. The van der Waals surface area contributed by atoms with Crippen LogP contribution in [0.25, 0.3) is 10.2 Å². The van der Waals surface area contributed by atoms with Crippen LogP contribution in [0.5, 0.6) is 5.75 Å². The van der Waals surface area contributed by atoms with E-state index in [0.29, 0.717) is 10.6 Å². The monoisotopic (exact) mass is 492 g/mol. The molecule has 9 heteroatoms. The van der Waals surface area contributed by atoms with Gasteiger partial charge in [0.1, 0.15) is 5.75 Å². The molecule has 0 saturated heterocycles. The Labute approximate surface area is 178 Å². The molecule has 0 spiro atoms. The van der Waals surface area contributed by atoms with Crippen LogP contribution in [-0.4, -0.2) is 18.5 Å². The maximum absolute atomic E-state index is 12.6. The molecular formula is C19H13BrN2O3S3. The molecule has 0 radical (unpaired) electrons. The Morgan fingerprint density at radius 1 is 1.04 bits per heavy atom. The van der Waals surface area contributed by atoms with Gasteiger partial charge in [-0.2, -0.15) is 0 Å². The van der Waals surface area contributed by atoms with Crippen molar-refractivity contribution in [1.82, 2.24) is 4.98 Å². The fourth-order valence-corrected chi connectivity index (χ4v) is 5.88. The van der Waals surface area contributed by atoms with Gasteiger partial charge in [0.05, 0.1) is 25.7 Å². The molecule has 0 atom stereocenters. The van der Waals surface area contributed by atoms with Crippen LogP contribution in [0.3, 0.4) is 0 Å². The number of rotatable bonds is 5. The third-order valence-electron chi connectivity index (χ3n) is 3.81. The number of benzene rings is 3. The maximum Gasteiger partial charge on any atom is 0.261 e. The van der Waals surface area contributed by atoms with E-state index in [1.165, 1.54) is 47.4 Å². The number of hydrogen-bond donors (Lipinski definition) is 2. The van der Waals surface area contributed by atoms with Crippen LogP contribution in [0, 0.1) is 0 Å². The second-order valence-electron chi connectivity index (χ2n) is 5.79. The summed E-state index contributed by atoms with van der Waals surface area (Å²) in [6.07, 6.45) is 0. The zero-order chi connectivity index (χ0) is 19.7. The molecule has 0 aliphatic heterocycles. The molecule has 0 unspecified atom stereocenters. The molecule has 4 rings (SSSR count). The summed E-state index contributed by atoms with van der Waals surface area (Å²) in [6, 6.07) is 18.7. The van der Waals surface area contributed by atoms with E-state index in [1.54, 1.807) is 18.2 Å². The Morgan fingerprint density at radius 2 is 1.79 bits per heavy atom. The minimum Gasteiger partial charge on any atom is -0.507 e. The number of aromatic hydroxyl groups is 1. The Bertz CT molecular complexity index is 1220. The van der Waals surface area contributed by atoms with Crippen LogP contribution in [0.15, 0.2) is 85.3 Å². The number of fused-ring (bicyclic) bond motifs is 1. The molecule has 0 aliphatic rings. The Morgan fingerprint density at radius 3 is 2.54 bits per heavy atom. The highest BCUT2D eigenvalue weighted by Crippen LogP contribution is 2.39. The van der Waals surface area contributed by atoms with E-state index in [9.17, 15) is 13.5 Å². The first-order chi connectivity index (χ1) is 13.4. The van der Waals surface area contributed by atoms with Gasteiger partial charge in [0, 0.05) is 4.47 Å². The second-order valence-corrected chi connectivity index (χ2v) is 10.7. The molecule has 142 valence electrons. The van der Waals surface area contributed by atoms with Gasteiger partial charge >= 0.3 is 0 Å². The largest absolute Gasteiger partial charge is 0.507 e. The number of nitrogens with zero attached hydrogens (tertiary/aromatic N) is 1. The number of sulfonamides is 1. The molecule has 1 aromatic heterocycles. The zero-order valence-corrected chi connectivity index (χ0v) is 18.2.